The molecular weight excluding hydrogens is 268 g/mol. The molecule has 1 atom stereocenters. The van der Waals surface area contributed by atoms with Gasteiger partial charge in [0.1, 0.15) is 5.75 Å². The fourth-order valence-corrected chi connectivity index (χ4v) is 2.66. The van der Waals surface area contributed by atoms with Crippen LogP contribution in [0.2, 0.25) is 0 Å². The molecule has 1 aromatic rings. The van der Waals surface area contributed by atoms with Crippen molar-refractivity contribution in [2.75, 3.05) is 20.2 Å². The number of halogens is 1. The second kappa shape index (κ2) is 5.17. The Morgan fingerprint density at radius 3 is 2.94 bits per heavy atom. The summed E-state index contributed by atoms with van der Waals surface area (Å²) in [6.45, 7) is 3.07. The smallest absolute Gasteiger partial charge is 0.133 e. The predicted octanol–water partition coefficient (Wildman–Crippen LogP) is 1.99. The van der Waals surface area contributed by atoms with E-state index in [9.17, 15) is 0 Å². The lowest BCUT2D eigenvalue weighted by atomic mass is 10.2. The summed E-state index contributed by atoms with van der Waals surface area (Å²) >= 11 is 3.50. The molecule has 3 nitrogen and oxygen atoms in total. The topological polar surface area (TPSA) is 38.5 Å². The largest absolute Gasteiger partial charge is 0.496 e. The van der Waals surface area contributed by atoms with Crippen molar-refractivity contribution in [1.29, 1.82) is 0 Å². The Hall–Kier alpha value is -0.580. The van der Waals surface area contributed by atoms with E-state index < -0.39 is 0 Å². The highest BCUT2D eigenvalue weighted by atomic mass is 79.9. The highest BCUT2D eigenvalue weighted by Crippen LogP contribution is 2.26. The fourth-order valence-electron chi connectivity index (χ4n) is 2.07. The maximum Gasteiger partial charge on any atom is 0.133 e. The fraction of sp³-hybridized carbons (Fsp3) is 0.500. The first-order chi connectivity index (χ1) is 7.69. The first kappa shape index (κ1) is 11.9. The van der Waals surface area contributed by atoms with Gasteiger partial charge in [-0.1, -0.05) is 6.07 Å². The van der Waals surface area contributed by atoms with Gasteiger partial charge in [-0.25, -0.2) is 0 Å². The molecule has 0 aliphatic carbocycles. The minimum absolute atomic E-state index is 0.349. The Bertz CT molecular complexity index is 370. The number of nitrogens with two attached hydrogens (primary N) is 1. The number of rotatable bonds is 3. The molecular formula is C12H17BrN2O. The molecule has 1 aromatic carbocycles. The van der Waals surface area contributed by atoms with E-state index in [1.54, 1.807) is 7.11 Å². The van der Waals surface area contributed by atoms with Crippen LogP contribution in [0, 0.1) is 0 Å². The van der Waals surface area contributed by atoms with Gasteiger partial charge in [0.05, 0.1) is 11.6 Å². The highest BCUT2D eigenvalue weighted by molar-refractivity contribution is 9.10. The normalized spacial score (nSPS) is 21.3. The van der Waals surface area contributed by atoms with Crippen LogP contribution in [0.25, 0.3) is 0 Å². The molecule has 0 bridgehead atoms. The van der Waals surface area contributed by atoms with Crippen LogP contribution in [0.4, 0.5) is 0 Å². The molecule has 0 aromatic heterocycles. The first-order valence-electron chi connectivity index (χ1n) is 5.49. The Morgan fingerprint density at radius 2 is 2.38 bits per heavy atom. The molecule has 4 heteroatoms. The molecule has 0 saturated carbocycles. The zero-order valence-electron chi connectivity index (χ0n) is 9.45. The molecule has 0 spiro atoms. The highest BCUT2D eigenvalue weighted by Gasteiger charge is 2.18. The number of hydrogen-bond donors (Lipinski definition) is 1. The quantitative estimate of drug-likeness (QED) is 0.923. The van der Waals surface area contributed by atoms with Crippen LogP contribution in [-0.2, 0) is 6.54 Å². The molecule has 2 rings (SSSR count). The van der Waals surface area contributed by atoms with Crippen LogP contribution in [-0.4, -0.2) is 31.1 Å². The molecule has 1 aliphatic rings. The number of methoxy groups -OCH3 is 1. The van der Waals surface area contributed by atoms with Gasteiger partial charge in [0.25, 0.3) is 0 Å². The Morgan fingerprint density at radius 1 is 1.56 bits per heavy atom. The molecule has 1 fully saturated rings. The van der Waals surface area contributed by atoms with Crippen LogP contribution < -0.4 is 10.5 Å². The van der Waals surface area contributed by atoms with Crippen LogP contribution in [0.3, 0.4) is 0 Å². The predicted molar refractivity (Wildman–Crippen MR) is 68.6 cm³/mol. The second-order valence-electron chi connectivity index (χ2n) is 4.25. The molecule has 1 saturated heterocycles. The minimum atomic E-state index is 0.349. The van der Waals surface area contributed by atoms with E-state index in [1.165, 1.54) is 5.56 Å². The first-order valence-corrected chi connectivity index (χ1v) is 6.28. The van der Waals surface area contributed by atoms with Crippen LogP contribution in [0.15, 0.2) is 22.7 Å². The van der Waals surface area contributed by atoms with E-state index in [2.05, 4.69) is 33.0 Å². The van der Waals surface area contributed by atoms with Gasteiger partial charge in [0.15, 0.2) is 0 Å². The zero-order chi connectivity index (χ0) is 11.5. The summed E-state index contributed by atoms with van der Waals surface area (Å²) in [5.41, 5.74) is 7.18. The molecule has 1 aliphatic heterocycles. The lowest BCUT2D eigenvalue weighted by Gasteiger charge is -2.15. The minimum Gasteiger partial charge on any atom is -0.496 e. The van der Waals surface area contributed by atoms with E-state index in [1.807, 2.05) is 6.07 Å². The van der Waals surface area contributed by atoms with Gasteiger partial charge in [-0.15, -0.1) is 0 Å². The average Bonchev–Trinajstić information content (AvgIpc) is 2.64. The SMILES string of the molecule is COc1ccc(CN2CC[C@H](N)C2)cc1Br. The van der Waals surface area contributed by atoms with E-state index >= 15 is 0 Å². The van der Waals surface area contributed by atoms with Gasteiger partial charge in [0, 0.05) is 25.7 Å². The van der Waals surface area contributed by atoms with Crippen molar-refractivity contribution in [3.63, 3.8) is 0 Å². The van der Waals surface area contributed by atoms with E-state index in [4.69, 9.17) is 10.5 Å². The molecule has 2 N–H and O–H groups in total. The Balaban J connectivity index is 2.02. The van der Waals surface area contributed by atoms with Crippen molar-refractivity contribution >= 4 is 15.9 Å². The molecule has 1 heterocycles. The zero-order valence-corrected chi connectivity index (χ0v) is 11.0. The molecule has 16 heavy (non-hydrogen) atoms. The monoisotopic (exact) mass is 284 g/mol. The van der Waals surface area contributed by atoms with Crippen molar-refractivity contribution in [3.05, 3.63) is 28.2 Å². The van der Waals surface area contributed by atoms with Crippen molar-refractivity contribution in [2.24, 2.45) is 5.73 Å². The van der Waals surface area contributed by atoms with Gasteiger partial charge in [-0.3, -0.25) is 4.90 Å². The maximum absolute atomic E-state index is 5.88. The lowest BCUT2D eigenvalue weighted by molar-refractivity contribution is 0.326. The van der Waals surface area contributed by atoms with Gasteiger partial charge in [-0.05, 0) is 40.0 Å². The van der Waals surface area contributed by atoms with E-state index in [-0.39, 0.29) is 0 Å². The average molecular weight is 285 g/mol. The Labute approximate surface area is 105 Å². The van der Waals surface area contributed by atoms with Gasteiger partial charge in [0.2, 0.25) is 0 Å². The summed E-state index contributed by atoms with van der Waals surface area (Å²) in [6.07, 6.45) is 1.11. The van der Waals surface area contributed by atoms with Crippen molar-refractivity contribution < 1.29 is 4.74 Å². The number of hydrogen-bond acceptors (Lipinski definition) is 3. The summed E-state index contributed by atoms with van der Waals surface area (Å²) in [4.78, 5) is 2.39. The van der Waals surface area contributed by atoms with Gasteiger partial charge in [-0.2, -0.15) is 0 Å². The summed E-state index contributed by atoms with van der Waals surface area (Å²) in [7, 11) is 1.68. The summed E-state index contributed by atoms with van der Waals surface area (Å²) < 4.78 is 6.22. The molecule has 0 radical (unpaired) electrons. The third kappa shape index (κ3) is 2.75. The number of likely N-dealkylation sites (tertiary alicyclic amines) is 1. The lowest BCUT2D eigenvalue weighted by Crippen LogP contribution is -2.26. The molecule has 0 amide bonds. The second-order valence-corrected chi connectivity index (χ2v) is 5.11. The molecule has 0 unspecified atom stereocenters. The summed E-state index contributed by atoms with van der Waals surface area (Å²) in [6, 6.07) is 6.56. The Kier molecular flexibility index (Phi) is 3.84. The molecule has 88 valence electrons. The summed E-state index contributed by atoms with van der Waals surface area (Å²) in [5, 5.41) is 0. The van der Waals surface area contributed by atoms with Crippen LogP contribution in [0.5, 0.6) is 5.75 Å². The third-order valence-corrected chi connectivity index (χ3v) is 3.55. The van der Waals surface area contributed by atoms with Crippen molar-refractivity contribution in [3.8, 4) is 5.75 Å². The number of benzene rings is 1. The van der Waals surface area contributed by atoms with Crippen molar-refractivity contribution in [1.82, 2.24) is 4.90 Å². The number of nitrogens with zero attached hydrogens (tertiary/aromatic N) is 1. The van der Waals surface area contributed by atoms with Crippen LogP contribution in [0.1, 0.15) is 12.0 Å². The third-order valence-electron chi connectivity index (χ3n) is 2.93. The maximum atomic E-state index is 5.88. The van der Waals surface area contributed by atoms with Gasteiger partial charge >= 0.3 is 0 Å². The van der Waals surface area contributed by atoms with Crippen LogP contribution >= 0.6 is 15.9 Å². The van der Waals surface area contributed by atoms with E-state index in [0.717, 1.165) is 36.3 Å². The standard InChI is InChI=1S/C12H17BrN2O/c1-16-12-3-2-9(6-11(12)13)7-15-5-4-10(14)8-15/h2-3,6,10H,4-5,7-8,14H2,1H3/t10-/m0/s1. The van der Waals surface area contributed by atoms with Gasteiger partial charge < -0.3 is 10.5 Å². The van der Waals surface area contributed by atoms with Crippen molar-refractivity contribution in [2.45, 2.75) is 19.0 Å². The van der Waals surface area contributed by atoms with E-state index in [0.29, 0.717) is 6.04 Å². The number of ether oxygens (including phenoxy) is 1. The summed E-state index contributed by atoms with van der Waals surface area (Å²) in [5.74, 6) is 0.877.